The Balaban J connectivity index is 1.86. The van der Waals surface area contributed by atoms with Crippen LogP contribution < -0.4 is 19.5 Å². The van der Waals surface area contributed by atoms with Gasteiger partial charge < -0.3 is 24.3 Å². The molecule has 7 heteroatoms. The molecule has 0 aliphatic carbocycles. The lowest BCUT2D eigenvalue weighted by Crippen LogP contribution is -2.20. The van der Waals surface area contributed by atoms with Gasteiger partial charge in [0.05, 0.1) is 21.3 Å². The highest BCUT2D eigenvalue weighted by molar-refractivity contribution is 5.94. The van der Waals surface area contributed by atoms with Crippen molar-refractivity contribution in [3.05, 3.63) is 54.1 Å². The van der Waals surface area contributed by atoms with E-state index in [4.69, 9.17) is 18.9 Å². The van der Waals surface area contributed by atoms with E-state index in [-0.39, 0.29) is 0 Å². The van der Waals surface area contributed by atoms with E-state index in [1.54, 1.807) is 55.7 Å². The third-order valence-corrected chi connectivity index (χ3v) is 3.52. The molecule has 2 aromatic rings. The van der Waals surface area contributed by atoms with Crippen molar-refractivity contribution < 1.29 is 28.5 Å². The van der Waals surface area contributed by atoms with Crippen LogP contribution in [-0.2, 0) is 14.3 Å². The molecule has 0 atom stereocenters. The van der Waals surface area contributed by atoms with Gasteiger partial charge in [-0.3, -0.25) is 4.79 Å². The van der Waals surface area contributed by atoms with Gasteiger partial charge in [-0.05, 0) is 35.9 Å². The number of ether oxygens (including phenoxy) is 4. The molecule has 0 bridgehead atoms. The van der Waals surface area contributed by atoms with E-state index < -0.39 is 18.5 Å². The molecule has 7 nitrogen and oxygen atoms in total. The van der Waals surface area contributed by atoms with Crippen molar-refractivity contribution in [3.8, 4) is 17.2 Å². The molecule has 27 heavy (non-hydrogen) atoms. The van der Waals surface area contributed by atoms with Crippen LogP contribution in [0.5, 0.6) is 17.2 Å². The average molecular weight is 371 g/mol. The Morgan fingerprint density at radius 2 is 1.74 bits per heavy atom. The van der Waals surface area contributed by atoms with Gasteiger partial charge in [0, 0.05) is 17.8 Å². The monoisotopic (exact) mass is 371 g/mol. The first kappa shape index (κ1) is 19.8. The van der Waals surface area contributed by atoms with Gasteiger partial charge in [0.25, 0.3) is 5.91 Å². The highest BCUT2D eigenvalue weighted by Gasteiger charge is 2.07. The summed E-state index contributed by atoms with van der Waals surface area (Å²) in [5.41, 5.74) is 1.28. The summed E-state index contributed by atoms with van der Waals surface area (Å²) in [5, 5.41) is 2.62. The minimum absolute atomic E-state index is 0.397. The fourth-order valence-electron chi connectivity index (χ4n) is 2.20. The van der Waals surface area contributed by atoms with Gasteiger partial charge in [-0.15, -0.1) is 0 Å². The van der Waals surface area contributed by atoms with Crippen molar-refractivity contribution >= 4 is 23.6 Å². The average Bonchev–Trinajstić information content (AvgIpc) is 2.70. The highest BCUT2D eigenvalue weighted by atomic mass is 16.5. The van der Waals surface area contributed by atoms with Gasteiger partial charge in [0.2, 0.25) is 0 Å². The van der Waals surface area contributed by atoms with Crippen LogP contribution in [0.1, 0.15) is 5.56 Å². The van der Waals surface area contributed by atoms with E-state index in [2.05, 4.69) is 5.32 Å². The fourth-order valence-corrected chi connectivity index (χ4v) is 2.20. The molecule has 0 radical (unpaired) electrons. The summed E-state index contributed by atoms with van der Waals surface area (Å²) < 4.78 is 20.4. The number of methoxy groups -OCH3 is 3. The molecule has 2 aromatic carbocycles. The highest BCUT2D eigenvalue weighted by Crippen LogP contribution is 2.27. The third-order valence-electron chi connectivity index (χ3n) is 3.52. The Labute approximate surface area is 157 Å². The Morgan fingerprint density at radius 3 is 2.44 bits per heavy atom. The quantitative estimate of drug-likeness (QED) is 0.567. The molecule has 2 rings (SSSR count). The molecule has 0 aliphatic heterocycles. The predicted octanol–water partition coefficient (Wildman–Crippen LogP) is 2.91. The normalized spacial score (nSPS) is 10.3. The molecule has 0 aromatic heterocycles. The summed E-state index contributed by atoms with van der Waals surface area (Å²) in [6.07, 6.45) is 2.80. The zero-order chi connectivity index (χ0) is 19.6. The fraction of sp³-hybridized carbons (Fsp3) is 0.200. The maximum Gasteiger partial charge on any atom is 0.331 e. The molecule has 142 valence electrons. The minimum Gasteiger partial charge on any atom is -0.497 e. The van der Waals surface area contributed by atoms with Gasteiger partial charge in [0.15, 0.2) is 18.1 Å². The SMILES string of the molecule is COc1cccc(NC(=O)COC(=O)/C=C/c2ccc(OC)c(OC)c2)c1. The molecule has 0 saturated heterocycles. The van der Waals surface area contributed by atoms with Gasteiger partial charge in [-0.1, -0.05) is 12.1 Å². The molecule has 1 amide bonds. The summed E-state index contributed by atoms with van der Waals surface area (Å²) in [4.78, 5) is 23.6. The number of hydrogen-bond donors (Lipinski definition) is 1. The first-order chi connectivity index (χ1) is 13.0. The zero-order valence-electron chi connectivity index (χ0n) is 15.4. The van der Waals surface area contributed by atoms with Crippen molar-refractivity contribution in [2.75, 3.05) is 33.3 Å². The summed E-state index contributed by atoms with van der Waals surface area (Å²) >= 11 is 0. The second-order valence-electron chi connectivity index (χ2n) is 5.34. The maximum absolute atomic E-state index is 11.9. The number of carbonyl (C=O) groups is 2. The zero-order valence-corrected chi connectivity index (χ0v) is 15.4. The lowest BCUT2D eigenvalue weighted by Gasteiger charge is -2.08. The number of anilines is 1. The Bertz CT molecular complexity index is 831. The Kier molecular flexibility index (Phi) is 7.25. The van der Waals surface area contributed by atoms with E-state index in [0.29, 0.717) is 22.9 Å². The van der Waals surface area contributed by atoms with Crippen LogP contribution in [0.25, 0.3) is 6.08 Å². The number of esters is 1. The molecule has 0 heterocycles. The van der Waals surface area contributed by atoms with Crippen LogP contribution in [0, 0.1) is 0 Å². The second-order valence-corrected chi connectivity index (χ2v) is 5.34. The van der Waals surface area contributed by atoms with Crippen molar-refractivity contribution in [2.24, 2.45) is 0 Å². The summed E-state index contributed by atoms with van der Waals surface area (Å²) in [5.74, 6) is 0.668. The predicted molar refractivity (Wildman–Crippen MR) is 101 cm³/mol. The molecule has 0 unspecified atom stereocenters. The standard InChI is InChI=1S/C20H21NO6/c1-24-16-6-4-5-15(12-16)21-19(22)13-27-20(23)10-8-14-7-9-17(25-2)18(11-14)26-3/h4-12H,13H2,1-3H3,(H,21,22)/b10-8+. The van der Waals surface area contributed by atoms with Gasteiger partial charge in [0.1, 0.15) is 5.75 Å². The molecule has 0 fully saturated rings. The van der Waals surface area contributed by atoms with E-state index in [1.165, 1.54) is 20.3 Å². The van der Waals surface area contributed by atoms with Crippen LogP contribution in [0.4, 0.5) is 5.69 Å². The lowest BCUT2D eigenvalue weighted by molar-refractivity contribution is -0.142. The molecule has 0 aliphatic rings. The van der Waals surface area contributed by atoms with E-state index in [9.17, 15) is 9.59 Å². The first-order valence-corrected chi connectivity index (χ1v) is 8.06. The van der Waals surface area contributed by atoms with Crippen molar-refractivity contribution in [3.63, 3.8) is 0 Å². The van der Waals surface area contributed by atoms with Gasteiger partial charge in [-0.25, -0.2) is 4.79 Å². The van der Waals surface area contributed by atoms with Crippen molar-refractivity contribution in [2.45, 2.75) is 0 Å². The van der Waals surface area contributed by atoms with Crippen LogP contribution >= 0.6 is 0 Å². The van der Waals surface area contributed by atoms with E-state index in [1.807, 2.05) is 0 Å². The Morgan fingerprint density at radius 1 is 0.963 bits per heavy atom. The Hall–Kier alpha value is -3.48. The van der Waals surface area contributed by atoms with E-state index >= 15 is 0 Å². The van der Waals surface area contributed by atoms with Gasteiger partial charge >= 0.3 is 5.97 Å². The molecular formula is C20H21NO6. The number of hydrogen-bond acceptors (Lipinski definition) is 6. The molecule has 0 spiro atoms. The van der Waals surface area contributed by atoms with Crippen LogP contribution in [0.2, 0.25) is 0 Å². The van der Waals surface area contributed by atoms with Crippen LogP contribution in [0.3, 0.4) is 0 Å². The van der Waals surface area contributed by atoms with E-state index in [0.717, 1.165) is 5.56 Å². The lowest BCUT2D eigenvalue weighted by atomic mass is 10.2. The smallest absolute Gasteiger partial charge is 0.331 e. The largest absolute Gasteiger partial charge is 0.497 e. The van der Waals surface area contributed by atoms with Crippen LogP contribution in [-0.4, -0.2) is 39.8 Å². The molecular weight excluding hydrogens is 350 g/mol. The third kappa shape index (κ3) is 6.07. The number of benzene rings is 2. The first-order valence-electron chi connectivity index (χ1n) is 8.06. The second kappa shape index (κ2) is 9.86. The molecule has 0 saturated carbocycles. The number of nitrogens with one attached hydrogen (secondary N) is 1. The summed E-state index contributed by atoms with van der Waals surface area (Å²) in [7, 11) is 4.61. The maximum atomic E-state index is 11.9. The van der Waals surface area contributed by atoms with Crippen molar-refractivity contribution in [1.82, 2.24) is 0 Å². The molecule has 1 N–H and O–H groups in total. The number of rotatable bonds is 8. The number of carbonyl (C=O) groups excluding carboxylic acids is 2. The summed E-state index contributed by atoms with van der Waals surface area (Å²) in [6.45, 7) is -0.397. The van der Waals surface area contributed by atoms with Gasteiger partial charge in [-0.2, -0.15) is 0 Å². The van der Waals surface area contributed by atoms with Crippen molar-refractivity contribution in [1.29, 1.82) is 0 Å². The topological polar surface area (TPSA) is 83.1 Å². The number of amides is 1. The minimum atomic E-state index is -0.634. The van der Waals surface area contributed by atoms with Crippen LogP contribution in [0.15, 0.2) is 48.5 Å². The summed E-state index contributed by atoms with van der Waals surface area (Å²) in [6, 6.07) is 12.1.